The van der Waals surface area contributed by atoms with E-state index in [1.807, 2.05) is 11.0 Å². The molecule has 1 aromatic heterocycles. The van der Waals surface area contributed by atoms with Crippen LogP contribution in [0.4, 0.5) is 39.5 Å². The van der Waals surface area contributed by atoms with Crippen LogP contribution in [-0.2, 0) is 31.4 Å². The number of aromatic nitrogens is 1. The Kier molecular flexibility index (Phi) is 9.19. The van der Waals surface area contributed by atoms with Gasteiger partial charge in [0, 0.05) is 43.6 Å². The van der Waals surface area contributed by atoms with Gasteiger partial charge in [-0.1, -0.05) is 18.2 Å². The Morgan fingerprint density at radius 1 is 0.786 bits per heavy atom. The van der Waals surface area contributed by atoms with Crippen molar-refractivity contribution in [2.24, 2.45) is 0 Å². The maximum Gasteiger partial charge on any atom is 0.416 e. The van der Waals surface area contributed by atoms with Gasteiger partial charge in [-0.2, -0.15) is 39.5 Å². The van der Waals surface area contributed by atoms with Gasteiger partial charge in [0.15, 0.2) is 0 Å². The van der Waals surface area contributed by atoms with E-state index in [1.165, 1.54) is 17.0 Å². The molecule has 0 radical (unpaired) electrons. The Bertz CT molecular complexity index is 1320. The topological polar surface area (TPSA) is 36.4 Å². The fourth-order valence-corrected chi connectivity index (χ4v) is 4.96. The SMILES string of the molecule is O=C(c1cc(C(F)(F)F)cc(C(F)(F)F)c1)N1CCN(CCCc2cccnc2)C[C@H]1Cc1ccc(C(F)(F)F)cc1. The number of halogens is 9. The van der Waals surface area contributed by atoms with E-state index in [-0.39, 0.29) is 25.6 Å². The Morgan fingerprint density at radius 2 is 1.40 bits per heavy atom. The van der Waals surface area contributed by atoms with Crippen LogP contribution in [0.1, 0.15) is 44.6 Å². The summed E-state index contributed by atoms with van der Waals surface area (Å²) in [5.74, 6) is -1.02. The molecule has 1 aliphatic rings. The van der Waals surface area contributed by atoms with E-state index in [0.717, 1.165) is 24.1 Å². The summed E-state index contributed by atoms with van der Waals surface area (Å²) in [5, 5.41) is 0. The highest BCUT2D eigenvalue weighted by Crippen LogP contribution is 2.37. The van der Waals surface area contributed by atoms with Crippen LogP contribution < -0.4 is 0 Å². The maximum absolute atomic E-state index is 13.5. The average Bonchev–Trinajstić information content (AvgIpc) is 2.92. The van der Waals surface area contributed by atoms with Gasteiger partial charge in [0.05, 0.1) is 16.7 Å². The van der Waals surface area contributed by atoms with Crippen LogP contribution in [0.2, 0.25) is 0 Å². The molecule has 42 heavy (non-hydrogen) atoms. The van der Waals surface area contributed by atoms with Gasteiger partial charge in [-0.05, 0) is 73.3 Å². The summed E-state index contributed by atoms with van der Waals surface area (Å²) < 4.78 is 120. The van der Waals surface area contributed by atoms with Crippen molar-refractivity contribution in [1.82, 2.24) is 14.8 Å². The van der Waals surface area contributed by atoms with Crippen molar-refractivity contribution in [3.8, 4) is 0 Å². The maximum atomic E-state index is 13.5. The lowest BCUT2D eigenvalue weighted by molar-refractivity contribution is -0.143. The van der Waals surface area contributed by atoms with Gasteiger partial charge >= 0.3 is 18.5 Å². The van der Waals surface area contributed by atoms with Crippen molar-refractivity contribution in [1.29, 1.82) is 0 Å². The average molecular weight is 604 g/mol. The molecule has 226 valence electrons. The number of carbonyl (C=O) groups is 1. The number of pyridine rings is 1. The Hall–Kier alpha value is -3.61. The molecule has 1 atom stereocenters. The third kappa shape index (κ3) is 8.02. The molecule has 3 aromatic rings. The first-order chi connectivity index (χ1) is 19.6. The van der Waals surface area contributed by atoms with Crippen LogP contribution in [0, 0.1) is 0 Å². The van der Waals surface area contributed by atoms with E-state index in [2.05, 4.69) is 4.98 Å². The number of benzene rings is 2. The van der Waals surface area contributed by atoms with Crippen molar-refractivity contribution in [2.45, 2.75) is 43.8 Å². The molecule has 1 amide bonds. The van der Waals surface area contributed by atoms with E-state index in [0.29, 0.717) is 37.2 Å². The molecule has 2 aromatic carbocycles. The fourth-order valence-electron chi connectivity index (χ4n) is 4.96. The fraction of sp³-hybridized carbons (Fsp3) is 0.379. The predicted molar refractivity (Wildman–Crippen MR) is 135 cm³/mol. The zero-order chi connectivity index (χ0) is 30.7. The molecule has 0 unspecified atom stereocenters. The van der Waals surface area contributed by atoms with Gasteiger partial charge in [-0.25, -0.2) is 0 Å². The number of aryl methyl sites for hydroxylation is 1. The van der Waals surface area contributed by atoms with Crippen molar-refractivity contribution in [2.75, 3.05) is 26.2 Å². The van der Waals surface area contributed by atoms with E-state index < -0.39 is 52.7 Å². The number of alkyl halides is 9. The summed E-state index contributed by atoms with van der Waals surface area (Å²) in [7, 11) is 0. The highest BCUT2D eigenvalue weighted by molar-refractivity contribution is 5.95. The monoisotopic (exact) mass is 603 g/mol. The second-order valence-corrected chi connectivity index (χ2v) is 10.1. The summed E-state index contributed by atoms with van der Waals surface area (Å²) >= 11 is 0. The summed E-state index contributed by atoms with van der Waals surface area (Å²) in [6.07, 6.45) is -9.95. The minimum absolute atomic E-state index is 0.00856. The van der Waals surface area contributed by atoms with Crippen molar-refractivity contribution in [3.63, 3.8) is 0 Å². The van der Waals surface area contributed by atoms with Gasteiger partial charge in [-0.3, -0.25) is 14.7 Å². The van der Waals surface area contributed by atoms with Gasteiger partial charge in [-0.15, -0.1) is 0 Å². The standard InChI is InChI=1S/C29H26F9N3O/c30-27(31,32)22-7-5-19(6-8-22)13-25-18-40(10-2-4-20-3-1-9-39-17-20)11-12-41(25)26(42)21-14-23(28(33,34)35)16-24(15-21)29(36,37)38/h1,3,5-9,14-17,25H,2,4,10-13,18H2/t25-/m1/s1. The lowest BCUT2D eigenvalue weighted by atomic mass is 9.98. The first-order valence-electron chi connectivity index (χ1n) is 13.0. The molecule has 0 saturated carbocycles. The summed E-state index contributed by atoms with van der Waals surface area (Å²) in [6, 6.07) is 8.02. The summed E-state index contributed by atoms with van der Waals surface area (Å²) in [5.41, 5.74) is -3.40. The highest BCUT2D eigenvalue weighted by atomic mass is 19.4. The van der Waals surface area contributed by atoms with Gasteiger partial charge in [0.1, 0.15) is 0 Å². The number of piperazine rings is 1. The third-order valence-corrected chi connectivity index (χ3v) is 7.08. The van der Waals surface area contributed by atoms with Crippen molar-refractivity contribution in [3.05, 3.63) is 100 Å². The number of nitrogens with zero attached hydrogens (tertiary/aromatic N) is 3. The van der Waals surface area contributed by atoms with Crippen LogP contribution in [-0.4, -0.2) is 52.9 Å². The van der Waals surface area contributed by atoms with Gasteiger partial charge < -0.3 is 4.90 Å². The molecule has 0 N–H and O–H groups in total. The zero-order valence-electron chi connectivity index (χ0n) is 22.0. The van der Waals surface area contributed by atoms with Crippen LogP contribution in [0.15, 0.2) is 67.0 Å². The van der Waals surface area contributed by atoms with Crippen molar-refractivity contribution >= 4 is 5.91 Å². The number of hydrogen-bond donors (Lipinski definition) is 0. The molecular formula is C29H26F9N3O. The molecule has 4 nitrogen and oxygen atoms in total. The van der Waals surface area contributed by atoms with Gasteiger partial charge in [0.25, 0.3) is 5.91 Å². The number of carbonyl (C=O) groups excluding carboxylic acids is 1. The zero-order valence-corrected chi connectivity index (χ0v) is 22.0. The number of amides is 1. The van der Waals surface area contributed by atoms with E-state index in [1.54, 1.807) is 18.5 Å². The lowest BCUT2D eigenvalue weighted by Gasteiger charge is -2.42. The van der Waals surface area contributed by atoms with E-state index in [9.17, 15) is 44.3 Å². The molecule has 1 aliphatic heterocycles. The quantitative estimate of drug-likeness (QED) is 0.270. The largest absolute Gasteiger partial charge is 0.416 e. The number of rotatable bonds is 7. The Morgan fingerprint density at radius 3 is 1.95 bits per heavy atom. The van der Waals surface area contributed by atoms with Crippen LogP contribution in [0.25, 0.3) is 0 Å². The molecule has 1 saturated heterocycles. The molecule has 0 bridgehead atoms. The summed E-state index contributed by atoms with van der Waals surface area (Å²) in [6.45, 7) is 1.13. The molecule has 13 heteroatoms. The Balaban J connectivity index is 1.59. The minimum Gasteiger partial charge on any atom is -0.333 e. The molecule has 1 fully saturated rings. The van der Waals surface area contributed by atoms with Gasteiger partial charge in [0.2, 0.25) is 0 Å². The number of hydrogen-bond acceptors (Lipinski definition) is 3. The predicted octanol–water partition coefficient (Wildman–Crippen LogP) is 7.14. The first-order valence-corrected chi connectivity index (χ1v) is 13.0. The van der Waals surface area contributed by atoms with Crippen LogP contribution in [0.3, 0.4) is 0 Å². The molecule has 4 rings (SSSR count). The molecule has 0 aliphatic carbocycles. The minimum atomic E-state index is -5.12. The summed E-state index contributed by atoms with van der Waals surface area (Å²) in [4.78, 5) is 20.8. The molecular weight excluding hydrogens is 577 g/mol. The molecule has 0 spiro atoms. The molecule has 2 heterocycles. The first kappa shape index (κ1) is 31.3. The van der Waals surface area contributed by atoms with Crippen LogP contribution >= 0.6 is 0 Å². The Labute approximate surface area is 235 Å². The highest BCUT2D eigenvalue weighted by Gasteiger charge is 2.39. The second-order valence-electron chi connectivity index (χ2n) is 10.1. The normalized spacial score (nSPS) is 17.0. The smallest absolute Gasteiger partial charge is 0.333 e. The second kappa shape index (κ2) is 12.3. The third-order valence-electron chi connectivity index (χ3n) is 7.08. The lowest BCUT2D eigenvalue weighted by Crippen LogP contribution is -2.56. The van der Waals surface area contributed by atoms with Crippen molar-refractivity contribution < 1.29 is 44.3 Å². The van der Waals surface area contributed by atoms with E-state index in [4.69, 9.17) is 0 Å². The van der Waals surface area contributed by atoms with E-state index >= 15 is 0 Å². The van der Waals surface area contributed by atoms with Crippen LogP contribution in [0.5, 0.6) is 0 Å².